The van der Waals surface area contributed by atoms with Crippen LogP contribution in [0.4, 0.5) is 17.1 Å². The lowest BCUT2D eigenvalue weighted by Crippen LogP contribution is -2.32. The molecular formula is C25H16Cl3N3O5. The quantitative estimate of drug-likeness (QED) is 0.315. The number of ether oxygens (including phenoxy) is 1. The molecule has 3 aromatic carbocycles. The van der Waals surface area contributed by atoms with Crippen molar-refractivity contribution in [2.75, 3.05) is 22.6 Å². The van der Waals surface area contributed by atoms with Crippen LogP contribution in [-0.4, -0.2) is 30.8 Å². The molecule has 0 saturated carbocycles. The predicted molar refractivity (Wildman–Crippen MR) is 138 cm³/mol. The number of nitrogens with zero attached hydrogens (tertiary/aromatic N) is 1. The van der Waals surface area contributed by atoms with Crippen LogP contribution >= 0.6 is 34.8 Å². The Morgan fingerprint density at radius 3 is 2.11 bits per heavy atom. The van der Waals surface area contributed by atoms with Crippen LogP contribution in [0.2, 0.25) is 10.0 Å². The van der Waals surface area contributed by atoms with Gasteiger partial charge in [0.1, 0.15) is 10.7 Å². The fourth-order valence-electron chi connectivity index (χ4n) is 3.41. The van der Waals surface area contributed by atoms with Gasteiger partial charge in [-0.05, 0) is 60.7 Å². The average molecular weight is 545 g/mol. The lowest BCUT2D eigenvalue weighted by atomic mass is 10.1. The summed E-state index contributed by atoms with van der Waals surface area (Å²) in [4.78, 5) is 50.9. The highest BCUT2D eigenvalue weighted by molar-refractivity contribution is 6.53. The zero-order valence-corrected chi connectivity index (χ0v) is 20.7. The van der Waals surface area contributed by atoms with Crippen LogP contribution in [0.1, 0.15) is 20.7 Å². The minimum Gasteiger partial charge on any atom is -0.465 e. The maximum Gasteiger partial charge on any atom is 0.337 e. The van der Waals surface area contributed by atoms with Crippen molar-refractivity contribution in [1.82, 2.24) is 0 Å². The zero-order valence-electron chi connectivity index (χ0n) is 18.5. The Morgan fingerprint density at radius 2 is 1.47 bits per heavy atom. The number of nitrogens with one attached hydrogen (secondary N) is 2. The second kappa shape index (κ2) is 10.4. The number of imide groups is 1. The van der Waals surface area contributed by atoms with Crippen LogP contribution in [0.25, 0.3) is 0 Å². The molecule has 0 atom stereocenters. The number of rotatable bonds is 6. The molecule has 0 spiro atoms. The minimum absolute atomic E-state index is 0.159. The van der Waals surface area contributed by atoms with Crippen molar-refractivity contribution in [2.24, 2.45) is 0 Å². The predicted octanol–water partition coefficient (Wildman–Crippen LogP) is 5.47. The first-order valence-corrected chi connectivity index (χ1v) is 11.4. The highest BCUT2D eigenvalue weighted by atomic mass is 35.5. The Hall–Kier alpha value is -3.85. The summed E-state index contributed by atoms with van der Waals surface area (Å²) in [6, 6.07) is 16.7. The highest BCUT2D eigenvalue weighted by Gasteiger charge is 2.39. The lowest BCUT2D eigenvalue weighted by molar-refractivity contribution is -0.120. The summed E-state index contributed by atoms with van der Waals surface area (Å²) in [6.45, 7) is 0. The number of anilines is 3. The van der Waals surface area contributed by atoms with Gasteiger partial charge in [0, 0.05) is 27.0 Å². The second-order valence-electron chi connectivity index (χ2n) is 7.49. The van der Waals surface area contributed by atoms with E-state index in [1.165, 1.54) is 43.5 Å². The van der Waals surface area contributed by atoms with Gasteiger partial charge in [0.25, 0.3) is 17.7 Å². The van der Waals surface area contributed by atoms with Gasteiger partial charge in [0.2, 0.25) is 0 Å². The molecule has 0 aliphatic carbocycles. The minimum atomic E-state index is -0.744. The Bertz CT molecular complexity index is 1420. The first-order valence-electron chi connectivity index (χ1n) is 10.3. The van der Waals surface area contributed by atoms with Gasteiger partial charge in [-0.2, -0.15) is 0 Å². The number of carbonyl (C=O) groups excluding carboxylic acids is 4. The van der Waals surface area contributed by atoms with Crippen LogP contribution in [0.5, 0.6) is 0 Å². The summed E-state index contributed by atoms with van der Waals surface area (Å²) in [7, 11) is 1.28. The van der Waals surface area contributed by atoms with Crippen molar-refractivity contribution in [3.63, 3.8) is 0 Å². The van der Waals surface area contributed by atoms with Crippen LogP contribution in [0.3, 0.4) is 0 Å². The molecule has 0 saturated heterocycles. The van der Waals surface area contributed by atoms with Gasteiger partial charge in [-0.1, -0.05) is 40.9 Å². The summed E-state index contributed by atoms with van der Waals surface area (Å²) in [5.74, 6) is -2.37. The molecule has 2 N–H and O–H groups in total. The molecule has 1 heterocycles. The van der Waals surface area contributed by atoms with E-state index in [1.54, 1.807) is 30.3 Å². The van der Waals surface area contributed by atoms with E-state index in [-0.39, 0.29) is 32.0 Å². The molecule has 0 unspecified atom stereocenters. The number of carbonyl (C=O) groups is 4. The van der Waals surface area contributed by atoms with Gasteiger partial charge in [-0.3, -0.25) is 14.4 Å². The van der Waals surface area contributed by atoms with Gasteiger partial charge in [-0.25, -0.2) is 9.69 Å². The van der Waals surface area contributed by atoms with Gasteiger partial charge in [0.05, 0.1) is 18.4 Å². The molecule has 4 rings (SSSR count). The van der Waals surface area contributed by atoms with Crippen molar-refractivity contribution < 1.29 is 23.9 Å². The Kier molecular flexibility index (Phi) is 7.30. The number of hydrogen-bond acceptors (Lipinski definition) is 6. The monoisotopic (exact) mass is 543 g/mol. The summed E-state index contributed by atoms with van der Waals surface area (Å²) in [5, 5.41) is 5.71. The fraction of sp³-hybridized carbons (Fsp3) is 0.0400. The fourth-order valence-corrected chi connectivity index (χ4v) is 4.13. The number of hydrogen-bond donors (Lipinski definition) is 2. The van der Waals surface area contributed by atoms with Gasteiger partial charge in [0.15, 0.2) is 0 Å². The first kappa shape index (κ1) is 25.2. The second-order valence-corrected chi connectivity index (χ2v) is 8.74. The maximum absolute atomic E-state index is 13.0. The molecule has 11 heteroatoms. The summed E-state index contributed by atoms with van der Waals surface area (Å²) in [5.41, 5.74) is 1.44. The first-order chi connectivity index (χ1) is 17.2. The molecule has 182 valence electrons. The van der Waals surface area contributed by atoms with Crippen molar-refractivity contribution in [3.05, 3.63) is 98.6 Å². The normalized spacial score (nSPS) is 13.2. The lowest BCUT2D eigenvalue weighted by Gasteiger charge is -2.16. The zero-order chi connectivity index (χ0) is 26.0. The Morgan fingerprint density at radius 1 is 0.806 bits per heavy atom. The highest BCUT2D eigenvalue weighted by Crippen LogP contribution is 2.33. The smallest absolute Gasteiger partial charge is 0.337 e. The Labute approximate surface area is 220 Å². The molecule has 1 aliphatic heterocycles. The average Bonchev–Trinajstić information content (AvgIpc) is 3.06. The standard InChI is InChI=1S/C25H16Cl3N3O5/c1-36-25(35)13-5-7-17(8-6-13)30-22(32)14-3-2-4-18(9-14)29-21-20(28)23(33)31(24(21)34)19-11-15(26)10-16(27)12-19/h2-12,29H,1H3,(H,30,32). The van der Waals surface area contributed by atoms with Crippen LogP contribution in [0, 0.1) is 0 Å². The molecule has 8 nitrogen and oxygen atoms in total. The molecule has 1 aliphatic rings. The molecule has 0 radical (unpaired) electrons. The number of amides is 3. The maximum atomic E-state index is 13.0. The Balaban J connectivity index is 1.51. The van der Waals surface area contributed by atoms with E-state index in [1.807, 2.05) is 0 Å². The number of benzene rings is 3. The molecule has 0 bridgehead atoms. The summed E-state index contributed by atoms with van der Waals surface area (Å²) in [6.07, 6.45) is 0. The van der Waals surface area contributed by atoms with Crippen LogP contribution in [-0.2, 0) is 14.3 Å². The van der Waals surface area contributed by atoms with Gasteiger partial charge >= 0.3 is 5.97 Å². The van der Waals surface area contributed by atoms with E-state index in [9.17, 15) is 19.2 Å². The molecule has 3 amide bonds. The molecule has 0 aromatic heterocycles. The third kappa shape index (κ3) is 5.21. The van der Waals surface area contributed by atoms with E-state index in [0.29, 0.717) is 16.9 Å². The third-order valence-electron chi connectivity index (χ3n) is 5.09. The van der Waals surface area contributed by atoms with E-state index in [0.717, 1.165) is 4.90 Å². The van der Waals surface area contributed by atoms with E-state index in [2.05, 4.69) is 15.4 Å². The van der Waals surface area contributed by atoms with E-state index < -0.39 is 23.7 Å². The van der Waals surface area contributed by atoms with Crippen molar-refractivity contribution in [3.8, 4) is 0 Å². The van der Waals surface area contributed by atoms with E-state index in [4.69, 9.17) is 34.8 Å². The molecule has 3 aromatic rings. The van der Waals surface area contributed by atoms with Gasteiger partial charge in [-0.15, -0.1) is 0 Å². The van der Waals surface area contributed by atoms with Crippen molar-refractivity contribution in [1.29, 1.82) is 0 Å². The SMILES string of the molecule is COC(=O)c1ccc(NC(=O)c2cccc(NC3=C(Cl)C(=O)N(c4cc(Cl)cc(Cl)c4)C3=O)c2)cc1. The number of halogens is 3. The summed E-state index contributed by atoms with van der Waals surface area (Å²) >= 11 is 18.2. The number of methoxy groups -OCH3 is 1. The largest absolute Gasteiger partial charge is 0.465 e. The topological polar surface area (TPSA) is 105 Å². The molecule has 0 fully saturated rings. The molecule has 36 heavy (non-hydrogen) atoms. The van der Waals surface area contributed by atoms with Crippen molar-refractivity contribution >= 4 is 75.6 Å². The van der Waals surface area contributed by atoms with Gasteiger partial charge < -0.3 is 15.4 Å². The van der Waals surface area contributed by atoms with Crippen molar-refractivity contribution in [2.45, 2.75) is 0 Å². The molecular weight excluding hydrogens is 529 g/mol. The van der Waals surface area contributed by atoms with Crippen LogP contribution < -0.4 is 15.5 Å². The van der Waals surface area contributed by atoms with Crippen LogP contribution in [0.15, 0.2) is 77.5 Å². The van der Waals surface area contributed by atoms with E-state index >= 15 is 0 Å². The summed E-state index contributed by atoms with van der Waals surface area (Å²) < 4.78 is 4.65. The number of esters is 1. The third-order valence-corrected chi connectivity index (χ3v) is 5.88.